The molecule has 0 radical (unpaired) electrons. The molecule has 0 aliphatic heterocycles. The molecule has 2 heterocycles. The summed E-state index contributed by atoms with van der Waals surface area (Å²) in [4.78, 5) is 12.1. The van der Waals surface area contributed by atoms with Gasteiger partial charge in [0, 0.05) is 11.6 Å². The summed E-state index contributed by atoms with van der Waals surface area (Å²) in [6.45, 7) is 5.84. The van der Waals surface area contributed by atoms with Crippen LogP contribution in [0.4, 0.5) is 5.82 Å². The van der Waals surface area contributed by atoms with E-state index in [2.05, 4.69) is 15.6 Å². The highest BCUT2D eigenvalue weighted by Crippen LogP contribution is 2.18. The van der Waals surface area contributed by atoms with Crippen molar-refractivity contribution in [3.63, 3.8) is 0 Å². The third kappa shape index (κ3) is 3.45. The molecule has 1 N–H and O–H groups in total. The summed E-state index contributed by atoms with van der Waals surface area (Å²) in [5, 5.41) is 10.3. The van der Waals surface area contributed by atoms with Crippen molar-refractivity contribution in [3.05, 3.63) is 58.7 Å². The molecular weight excluding hydrogens is 310 g/mol. The maximum absolute atomic E-state index is 12.1. The second-order valence-electron chi connectivity index (χ2n) is 5.39. The van der Waals surface area contributed by atoms with E-state index in [4.69, 9.17) is 13.8 Å². The average Bonchev–Trinajstić information content (AvgIpc) is 3.12. The molecule has 3 rings (SSSR count). The number of amides is 1. The van der Waals surface area contributed by atoms with E-state index < -0.39 is 0 Å². The Morgan fingerprint density at radius 1 is 1.12 bits per heavy atom. The average molecular weight is 327 g/mol. The summed E-state index contributed by atoms with van der Waals surface area (Å²) < 4.78 is 15.7. The Hall–Kier alpha value is -3.09. The number of hydrogen-bond acceptors (Lipinski definition) is 6. The molecular formula is C17H17N3O4. The minimum atomic E-state index is -0.263. The number of nitrogens with zero attached hydrogens (tertiary/aromatic N) is 2. The zero-order valence-electron chi connectivity index (χ0n) is 13.6. The van der Waals surface area contributed by atoms with Crippen LogP contribution in [0.25, 0.3) is 0 Å². The quantitative estimate of drug-likeness (QED) is 0.772. The van der Waals surface area contributed by atoms with Crippen LogP contribution < -0.4 is 10.1 Å². The summed E-state index contributed by atoms with van der Waals surface area (Å²) in [5.74, 6) is 2.15. The lowest BCUT2D eigenvalue weighted by Gasteiger charge is -2.07. The second-order valence-corrected chi connectivity index (χ2v) is 5.39. The van der Waals surface area contributed by atoms with Gasteiger partial charge in [-0.1, -0.05) is 10.3 Å². The van der Waals surface area contributed by atoms with Crippen molar-refractivity contribution < 1.29 is 18.6 Å². The van der Waals surface area contributed by atoms with Crippen LogP contribution in [0.2, 0.25) is 0 Å². The normalized spacial score (nSPS) is 10.6. The molecule has 24 heavy (non-hydrogen) atoms. The molecule has 0 spiro atoms. The number of carbonyl (C=O) groups is 1. The van der Waals surface area contributed by atoms with Crippen LogP contribution >= 0.6 is 0 Å². The monoisotopic (exact) mass is 327 g/mol. The van der Waals surface area contributed by atoms with Gasteiger partial charge in [0.2, 0.25) is 0 Å². The van der Waals surface area contributed by atoms with Crippen molar-refractivity contribution >= 4 is 11.7 Å². The molecule has 0 aliphatic rings. The molecule has 1 amide bonds. The molecule has 0 aliphatic carbocycles. The number of anilines is 1. The molecule has 0 fully saturated rings. The highest BCUT2D eigenvalue weighted by molar-refractivity contribution is 6.03. The molecule has 1 aromatic carbocycles. The number of ether oxygens (including phenoxy) is 1. The van der Waals surface area contributed by atoms with E-state index >= 15 is 0 Å². The molecule has 7 nitrogen and oxygen atoms in total. The summed E-state index contributed by atoms with van der Waals surface area (Å²) in [6, 6.07) is 8.50. The van der Waals surface area contributed by atoms with Gasteiger partial charge in [-0.2, -0.15) is 0 Å². The molecule has 0 unspecified atom stereocenters. The first-order valence-corrected chi connectivity index (χ1v) is 7.42. The smallest absolute Gasteiger partial charge is 0.256 e. The van der Waals surface area contributed by atoms with E-state index in [0.717, 1.165) is 17.0 Å². The van der Waals surface area contributed by atoms with Gasteiger partial charge < -0.3 is 19.1 Å². The van der Waals surface area contributed by atoms with E-state index in [1.807, 2.05) is 13.8 Å². The van der Waals surface area contributed by atoms with Crippen molar-refractivity contribution in [2.45, 2.75) is 27.4 Å². The first-order valence-electron chi connectivity index (χ1n) is 7.42. The van der Waals surface area contributed by atoms with Crippen LogP contribution in [0.3, 0.4) is 0 Å². The summed E-state index contributed by atoms with van der Waals surface area (Å²) in [6.07, 6.45) is 0. The van der Waals surface area contributed by atoms with Gasteiger partial charge in [-0.25, -0.2) is 0 Å². The topological polar surface area (TPSA) is 90.4 Å². The van der Waals surface area contributed by atoms with E-state index in [1.165, 1.54) is 0 Å². The van der Waals surface area contributed by atoms with Crippen LogP contribution in [0.15, 0.2) is 39.4 Å². The van der Waals surface area contributed by atoms with Crippen molar-refractivity contribution in [2.75, 3.05) is 5.32 Å². The van der Waals surface area contributed by atoms with E-state index in [-0.39, 0.29) is 5.91 Å². The highest BCUT2D eigenvalue weighted by Gasteiger charge is 2.11. The molecule has 3 aromatic rings. The van der Waals surface area contributed by atoms with E-state index in [0.29, 0.717) is 29.5 Å². The van der Waals surface area contributed by atoms with Crippen LogP contribution in [-0.2, 0) is 6.61 Å². The third-order valence-corrected chi connectivity index (χ3v) is 3.55. The van der Waals surface area contributed by atoms with Crippen LogP contribution in [-0.4, -0.2) is 16.2 Å². The first kappa shape index (κ1) is 15.8. The molecule has 0 saturated carbocycles. The number of benzene rings is 1. The molecule has 7 heteroatoms. The van der Waals surface area contributed by atoms with Crippen molar-refractivity contribution in [3.8, 4) is 5.75 Å². The lowest BCUT2D eigenvalue weighted by molar-refractivity contribution is 0.102. The predicted octanol–water partition coefficient (Wildman–Crippen LogP) is 3.42. The Morgan fingerprint density at radius 2 is 1.88 bits per heavy atom. The number of hydrogen-bond donors (Lipinski definition) is 1. The molecule has 0 bridgehead atoms. The lowest BCUT2D eigenvalue weighted by atomic mass is 10.2. The summed E-state index contributed by atoms with van der Waals surface area (Å²) in [5.41, 5.74) is 2.24. The van der Waals surface area contributed by atoms with Gasteiger partial charge in [-0.05, 0) is 45.0 Å². The Balaban J connectivity index is 1.61. The minimum absolute atomic E-state index is 0.263. The summed E-state index contributed by atoms with van der Waals surface area (Å²) in [7, 11) is 0. The first-order chi connectivity index (χ1) is 11.5. The Bertz CT molecular complexity index is 830. The van der Waals surface area contributed by atoms with Crippen LogP contribution in [0.5, 0.6) is 5.75 Å². The van der Waals surface area contributed by atoms with Crippen LogP contribution in [0.1, 0.15) is 33.1 Å². The predicted molar refractivity (Wildman–Crippen MR) is 85.9 cm³/mol. The van der Waals surface area contributed by atoms with Gasteiger partial charge in [0.25, 0.3) is 5.91 Å². The minimum Gasteiger partial charge on any atom is -0.489 e. The third-order valence-electron chi connectivity index (χ3n) is 3.55. The van der Waals surface area contributed by atoms with Gasteiger partial charge in [-0.15, -0.1) is 0 Å². The van der Waals surface area contributed by atoms with Crippen molar-refractivity contribution in [1.82, 2.24) is 10.3 Å². The molecule has 0 saturated heterocycles. The number of rotatable bonds is 5. The SMILES string of the molecule is Cc1cc(NC(=O)c2ccc(OCc3c(C)noc3C)cc2)no1. The van der Waals surface area contributed by atoms with Crippen LogP contribution in [0, 0.1) is 20.8 Å². The van der Waals surface area contributed by atoms with Gasteiger partial charge in [0.15, 0.2) is 5.82 Å². The Kier molecular flexibility index (Phi) is 4.33. The molecule has 2 aromatic heterocycles. The second kappa shape index (κ2) is 6.57. The zero-order chi connectivity index (χ0) is 17.1. The Labute approximate surface area is 138 Å². The van der Waals surface area contributed by atoms with Gasteiger partial charge in [-0.3, -0.25) is 4.79 Å². The van der Waals surface area contributed by atoms with E-state index in [9.17, 15) is 4.79 Å². The number of aryl methyl sites for hydroxylation is 3. The largest absolute Gasteiger partial charge is 0.489 e. The van der Waals surface area contributed by atoms with Gasteiger partial charge in [0.1, 0.15) is 23.9 Å². The van der Waals surface area contributed by atoms with Gasteiger partial charge in [0.05, 0.1) is 11.3 Å². The summed E-state index contributed by atoms with van der Waals surface area (Å²) >= 11 is 0. The number of aromatic nitrogens is 2. The molecule has 0 atom stereocenters. The maximum Gasteiger partial charge on any atom is 0.256 e. The zero-order valence-corrected chi connectivity index (χ0v) is 13.6. The fraction of sp³-hybridized carbons (Fsp3) is 0.235. The van der Waals surface area contributed by atoms with Crippen molar-refractivity contribution in [1.29, 1.82) is 0 Å². The maximum atomic E-state index is 12.1. The van der Waals surface area contributed by atoms with Crippen molar-refractivity contribution in [2.24, 2.45) is 0 Å². The number of nitrogens with one attached hydrogen (secondary N) is 1. The van der Waals surface area contributed by atoms with Gasteiger partial charge >= 0.3 is 0 Å². The highest BCUT2D eigenvalue weighted by atomic mass is 16.5. The van der Waals surface area contributed by atoms with E-state index in [1.54, 1.807) is 37.3 Å². The fourth-order valence-corrected chi connectivity index (χ4v) is 2.18. The number of carbonyl (C=O) groups excluding carboxylic acids is 1. The lowest BCUT2D eigenvalue weighted by Crippen LogP contribution is -2.11. The standard InChI is InChI=1S/C17H17N3O4/c1-10-8-16(20-23-10)18-17(21)13-4-6-14(7-5-13)22-9-15-11(2)19-24-12(15)3/h4-8H,9H2,1-3H3,(H,18,20,21). The fourth-order valence-electron chi connectivity index (χ4n) is 2.18. The Morgan fingerprint density at radius 3 is 2.46 bits per heavy atom. The molecule has 124 valence electrons.